The van der Waals surface area contributed by atoms with E-state index in [1.54, 1.807) is 0 Å². The Balaban J connectivity index is 3.85. The van der Waals surface area contributed by atoms with Crippen LogP contribution in [0.1, 0.15) is 34.1 Å². The molecule has 2 nitrogen and oxygen atoms in total. The van der Waals surface area contributed by atoms with Crippen molar-refractivity contribution in [1.82, 2.24) is 0 Å². The Morgan fingerprint density at radius 2 is 1.77 bits per heavy atom. The van der Waals surface area contributed by atoms with Crippen LogP contribution in [0.25, 0.3) is 0 Å². The van der Waals surface area contributed by atoms with Crippen LogP contribution in [-0.4, -0.2) is 20.4 Å². The second-order valence-corrected chi connectivity index (χ2v) is 7.04. The minimum atomic E-state index is -0.774. The number of rotatable bonds is 4. The first-order valence-electron chi connectivity index (χ1n) is 4.88. The summed E-state index contributed by atoms with van der Waals surface area (Å²) >= 11 is 0. The fourth-order valence-electron chi connectivity index (χ4n) is 0.976. The van der Waals surface area contributed by atoms with E-state index in [4.69, 9.17) is 4.43 Å². The molecule has 0 heterocycles. The molecule has 0 aliphatic rings. The van der Waals surface area contributed by atoms with Gasteiger partial charge < -0.3 is 9.53 Å². The molecule has 0 fully saturated rings. The molecule has 0 aliphatic carbocycles. The van der Waals surface area contributed by atoms with E-state index in [-0.39, 0.29) is 5.41 Å². The highest BCUT2D eigenvalue weighted by Gasteiger charge is 2.23. The van der Waals surface area contributed by atoms with E-state index in [2.05, 4.69) is 27.7 Å². The highest BCUT2D eigenvalue weighted by molar-refractivity contribution is 6.48. The van der Waals surface area contributed by atoms with Crippen LogP contribution in [0, 0.1) is 11.3 Å². The molecule has 0 spiro atoms. The Morgan fingerprint density at radius 3 is 2.08 bits per heavy atom. The molecule has 1 radical (unpaired) electrons. The van der Waals surface area contributed by atoms with Crippen LogP contribution in [0.4, 0.5) is 0 Å². The summed E-state index contributed by atoms with van der Waals surface area (Å²) in [6.07, 6.45) is 0.164. The molecule has 0 rings (SSSR count). The van der Waals surface area contributed by atoms with Gasteiger partial charge in [0.2, 0.25) is 9.04 Å². The molecule has 13 heavy (non-hydrogen) atoms. The predicted octanol–water partition coefficient (Wildman–Crippen LogP) is 2.64. The van der Waals surface area contributed by atoms with Crippen LogP contribution in [0.3, 0.4) is 0 Å². The molecule has 0 aromatic rings. The summed E-state index contributed by atoms with van der Waals surface area (Å²) < 4.78 is 5.37. The largest absolute Gasteiger partial charge is 0.393 e. The first-order chi connectivity index (χ1) is 5.73. The molecule has 0 saturated carbocycles. The Morgan fingerprint density at radius 1 is 1.31 bits per heavy atom. The lowest BCUT2D eigenvalue weighted by molar-refractivity contribution is -0.0453. The van der Waals surface area contributed by atoms with Crippen molar-refractivity contribution >= 4 is 9.04 Å². The summed E-state index contributed by atoms with van der Waals surface area (Å²) in [5.41, 5.74) is 0.249. The zero-order valence-electron chi connectivity index (χ0n) is 9.72. The third-order valence-corrected chi connectivity index (χ3v) is 3.15. The molecule has 1 N–H and O–H groups in total. The van der Waals surface area contributed by atoms with Crippen LogP contribution >= 0.6 is 0 Å². The van der Waals surface area contributed by atoms with E-state index >= 15 is 0 Å². The molecule has 0 aromatic heterocycles. The molecular formula is C10H23O2Si. The lowest BCUT2D eigenvalue weighted by atomic mass is 9.80. The summed E-state index contributed by atoms with van der Waals surface area (Å²) in [6.45, 7) is 12.8. The molecule has 0 aromatic carbocycles. The van der Waals surface area contributed by atoms with Crippen molar-refractivity contribution in [3.63, 3.8) is 0 Å². The van der Waals surface area contributed by atoms with Gasteiger partial charge in [-0.05, 0) is 24.4 Å². The van der Waals surface area contributed by atoms with Crippen LogP contribution in [0.2, 0.25) is 13.1 Å². The molecule has 0 aliphatic heterocycles. The SMILES string of the molecule is CC(CC(O)O[Si](C)C)C(C)(C)C. The van der Waals surface area contributed by atoms with Crippen LogP contribution in [-0.2, 0) is 4.43 Å². The van der Waals surface area contributed by atoms with Crippen molar-refractivity contribution in [2.75, 3.05) is 0 Å². The maximum absolute atomic E-state index is 9.56. The van der Waals surface area contributed by atoms with Crippen molar-refractivity contribution in [2.45, 2.75) is 53.5 Å². The Kier molecular flexibility index (Phi) is 5.18. The smallest absolute Gasteiger partial charge is 0.208 e. The monoisotopic (exact) mass is 203 g/mol. The number of hydrogen-bond donors (Lipinski definition) is 1. The van der Waals surface area contributed by atoms with Gasteiger partial charge in [0.15, 0.2) is 0 Å². The standard InChI is InChI=1S/C10H23O2Si/c1-8(10(2,3)4)7-9(11)12-13(5)6/h8-9,11H,7H2,1-6H3. The minimum absolute atomic E-state index is 0.249. The summed E-state index contributed by atoms with van der Waals surface area (Å²) in [5, 5.41) is 9.56. The Bertz CT molecular complexity index is 140. The lowest BCUT2D eigenvalue weighted by Gasteiger charge is -2.29. The Labute approximate surface area is 84.0 Å². The number of hydrogen-bond acceptors (Lipinski definition) is 2. The molecule has 2 unspecified atom stereocenters. The third-order valence-electron chi connectivity index (χ3n) is 2.41. The summed E-state index contributed by atoms with van der Waals surface area (Å²) in [6, 6.07) is 0. The summed E-state index contributed by atoms with van der Waals surface area (Å²) in [4.78, 5) is 0. The Hall–Kier alpha value is 0.137. The normalized spacial score (nSPS) is 17.5. The zero-order valence-corrected chi connectivity index (χ0v) is 10.7. The molecule has 0 saturated heterocycles. The van der Waals surface area contributed by atoms with Crippen LogP contribution in [0.15, 0.2) is 0 Å². The first kappa shape index (κ1) is 13.1. The fourth-order valence-corrected chi connectivity index (χ4v) is 1.62. The van der Waals surface area contributed by atoms with E-state index in [0.717, 1.165) is 6.42 Å². The van der Waals surface area contributed by atoms with Gasteiger partial charge in [0, 0.05) is 6.42 Å². The van der Waals surface area contributed by atoms with E-state index in [0.29, 0.717) is 5.92 Å². The van der Waals surface area contributed by atoms with Crippen molar-refractivity contribution in [3.05, 3.63) is 0 Å². The highest BCUT2D eigenvalue weighted by atomic mass is 28.3. The quantitative estimate of drug-likeness (QED) is 0.562. The van der Waals surface area contributed by atoms with Crippen LogP contribution in [0.5, 0.6) is 0 Å². The van der Waals surface area contributed by atoms with E-state index < -0.39 is 15.3 Å². The molecule has 79 valence electrons. The highest BCUT2D eigenvalue weighted by Crippen LogP contribution is 2.29. The van der Waals surface area contributed by atoms with Gasteiger partial charge in [-0.3, -0.25) is 0 Å². The topological polar surface area (TPSA) is 29.5 Å². The third kappa shape index (κ3) is 6.24. The van der Waals surface area contributed by atoms with E-state index in [1.165, 1.54) is 0 Å². The average molecular weight is 203 g/mol. The van der Waals surface area contributed by atoms with Gasteiger partial charge in [0.25, 0.3) is 0 Å². The number of aliphatic hydroxyl groups excluding tert-OH is 1. The molecular weight excluding hydrogens is 180 g/mol. The van der Waals surface area contributed by atoms with E-state index in [1.807, 2.05) is 13.1 Å². The molecule has 0 amide bonds. The van der Waals surface area contributed by atoms with Gasteiger partial charge in [0.05, 0.1) is 0 Å². The van der Waals surface area contributed by atoms with Gasteiger partial charge in [-0.1, -0.05) is 27.7 Å². The van der Waals surface area contributed by atoms with Crippen molar-refractivity contribution in [3.8, 4) is 0 Å². The van der Waals surface area contributed by atoms with Gasteiger partial charge in [0.1, 0.15) is 6.29 Å². The minimum Gasteiger partial charge on any atom is -0.393 e. The molecule has 0 bridgehead atoms. The van der Waals surface area contributed by atoms with Crippen molar-refractivity contribution in [1.29, 1.82) is 0 Å². The fraction of sp³-hybridized carbons (Fsp3) is 1.00. The van der Waals surface area contributed by atoms with Crippen molar-refractivity contribution < 1.29 is 9.53 Å². The summed E-state index contributed by atoms with van der Waals surface area (Å²) in [7, 11) is -0.774. The van der Waals surface area contributed by atoms with Gasteiger partial charge in [-0.25, -0.2) is 0 Å². The molecule has 2 atom stereocenters. The van der Waals surface area contributed by atoms with Gasteiger partial charge >= 0.3 is 0 Å². The second-order valence-electron chi connectivity index (χ2n) is 4.98. The predicted molar refractivity (Wildman–Crippen MR) is 57.8 cm³/mol. The van der Waals surface area contributed by atoms with E-state index in [9.17, 15) is 5.11 Å². The summed E-state index contributed by atoms with van der Waals surface area (Å²) in [5.74, 6) is 0.476. The maximum atomic E-state index is 9.56. The maximum Gasteiger partial charge on any atom is 0.208 e. The van der Waals surface area contributed by atoms with Gasteiger partial charge in [-0.15, -0.1) is 0 Å². The second kappa shape index (κ2) is 5.13. The first-order valence-corrected chi connectivity index (χ1v) is 7.29. The zero-order chi connectivity index (χ0) is 10.6. The lowest BCUT2D eigenvalue weighted by Crippen LogP contribution is -2.27. The molecule has 3 heteroatoms. The average Bonchev–Trinajstić information content (AvgIpc) is 1.82. The van der Waals surface area contributed by atoms with Crippen LogP contribution < -0.4 is 0 Å². The number of aliphatic hydroxyl groups is 1. The van der Waals surface area contributed by atoms with Gasteiger partial charge in [-0.2, -0.15) is 0 Å². The van der Waals surface area contributed by atoms with Crippen molar-refractivity contribution in [2.24, 2.45) is 11.3 Å².